The summed E-state index contributed by atoms with van der Waals surface area (Å²) in [6, 6.07) is 20.6. The van der Waals surface area contributed by atoms with Crippen LogP contribution < -0.4 is 0 Å². The molecule has 0 saturated carbocycles. The Morgan fingerprint density at radius 1 is 0.870 bits per heavy atom. The molecule has 3 nitrogen and oxygen atoms in total. The fourth-order valence-corrected chi connectivity index (χ4v) is 5.21. The highest BCUT2D eigenvalue weighted by atomic mass is 32.3. The summed E-state index contributed by atoms with van der Waals surface area (Å²) in [4.78, 5) is 1.16. The van der Waals surface area contributed by atoms with Crippen molar-refractivity contribution in [2.24, 2.45) is 3.77 Å². The van der Waals surface area contributed by atoms with Crippen molar-refractivity contribution < 1.29 is 8.42 Å². The summed E-state index contributed by atoms with van der Waals surface area (Å²) < 4.78 is 29.2. The molecule has 3 aromatic rings. The van der Waals surface area contributed by atoms with E-state index in [1.807, 2.05) is 67.8 Å². The Hall–Kier alpha value is -1.98. The van der Waals surface area contributed by atoms with Gasteiger partial charge in [-0.05, 0) is 48.2 Å². The Morgan fingerprint density at radius 2 is 1.52 bits per heavy atom. The topological polar surface area (TPSA) is 46.5 Å². The minimum atomic E-state index is -3.67. The van der Waals surface area contributed by atoms with Crippen LogP contribution in [0.15, 0.2) is 80.3 Å². The molecule has 118 valence electrons. The molecule has 0 N–H and O–H groups in total. The first kappa shape index (κ1) is 15.9. The molecule has 0 fully saturated rings. The molecular formula is C18H17NO2S2. The maximum absolute atomic E-state index is 12.6. The maximum Gasteiger partial charge on any atom is 0.288 e. The average molecular weight is 343 g/mol. The Kier molecular flexibility index (Phi) is 4.33. The van der Waals surface area contributed by atoms with Gasteiger partial charge < -0.3 is 0 Å². The van der Waals surface area contributed by atoms with Crippen molar-refractivity contribution in [2.75, 3.05) is 6.26 Å². The smallest absolute Gasteiger partial charge is 0.199 e. The van der Waals surface area contributed by atoms with Crippen molar-refractivity contribution in [1.29, 1.82) is 0 Å². The van der Waals surface area contributed by atoms with Crippen molar-refractivity contribution in [2.45, 2.75) is 16.7 Å². The van der Waals surface area contributed by atoms with Crippen LogP contribution in [-0.2, 0) is 20.7 Å². The molecule has 0 radical (unpaired) electrons. The van der Waals surface area contributed by atoms with Gasteiger partial charge in [-0.2, -0.15) is 8.42 Å². The van der Waals surface area contributed by atoms with E-state index < -0.39 is 20.7 Å². The highest BCUT2D eigenvalue weighted by molar-refractivity contribution is 7.99. The molecule has 0 bridgehead atoms. The van der Waals surface area contributed by atoms with Gasteiger partial charge in [0.15, 0.2) is 0 Å². The first-order chi connectivity index (χ1) is 11.0. The molecule has 0 aliphatic rings. The number of sulfonamides is 1. The molecule has 0 heterocycles. The lowest BCUT2D eigenvalue weighted by Crippen LogP contribution is -2.00. The van der Waals surface area contributed by atoms with E-state index in [-0.39, 0.29) is 4.90 Å². The first-order valence-corrected chi connectivity index (χ1v) is 10.2. The monoisotopic (exact) mass is 343 g/mol. The zero-order chi connectivity index (χ0) is 16.4. The maximum atomic E-state index is 12.6. The molecule has 5 heteroatoms. The van der Waals surface area contributed by atoms with Crippen LogP contribution in [0.5, 0.6) is 0 Å². The number of aryl methyl sites for hydroxylation is 1. The molecule has 23 heavy (non-hydrogen) atoms. The molecule has 3 aromatic carbocycles. The van der Waals surface area contributed by atoms with Crippen LogP contribution in [0, 0.1) is 6.92 Å². The third kappa shape index (κ3) is 3.51. The van der Waals surface area contributed by atoms with Gasteiger partial charge in [0.2, 0.25) is 0 Å². The molecule has 1 atom stereocenters. The minimum Gasteiger partial charge on any atom is -0.199 e. The number of rotatable bonds is 3. The normalized spacial score (nSPS) is 13.3. The standard InChI is InChI=1S/C18H17NO2S2/c1-14-7-10-17(11-8-14)22(2)19-23(20,21)18-12-9-15-5-3-4-6-16(15)13-18/h3-13H,1-2H3/t22-/m0/s1. The zero-order valence-corrected chi connectivity index (χ0v) is 14.6. The van der Waals surface area contributed by atoms with E-state index in [4.69, 9.17) is 0 Å². The number of benzene rings is 3. The summed E-state index contributed by atoms with van der Waals surface area (Å²) in [5.41, 5.74) is 1.14. The second-order valence-electron chi connectivity index (χ2n) is 5.35. The Labute approximate surface area is 139 Å². The van der Waals surface area contributed by atoms with E-state index in [0.29, 0.717) is 0 Å². The summed E-state index contributed by atoms with van der Waals surface area (Å²) in [5.74, 6) is 0. The van der Waals surface area contributed by atoms with E-state index in [9.17, 15) is 8.42 Å². The van der Waals surface area contributed by atoms with Crippen molar-refractivity contribution in [3.63, 3.8) is 0 Å². The number of hydrogen-bond acceptors (Lipinski definition) is 2. The second kappa shape index (κ2) is 6.26. The summed E-state index contributed by atoms with van der Waals surface area (Å²) in [5, 5.41) is 1.91. The quantitative estimate of drug-likeness (QED) is 0.711. The molecule has 3 rings (SSSR count). The van der Waals surface area contributed by atoms with E-state index >= 15 is 0 Å². The van der Waals surface area contributed by atoms with Crippen molar-refractivity contribution in [3.05, 3.63) is 72.3 Å². The third-order valence-electron chi connectivity index (χ3n) is 3.59. The van der Waals surface area contributed by atoms with Crippen molar-refractivity contribution in [3.8, 4) is 0 Å². The van der Waals surface area contributed by atoms with E-state index in [0.717, 1.165) is 21.2 Å². The first-order valence-electron chi connectivity index (χ1n) is 7.15. The molecule has 0 aliphatic carbocycles. The Balaban J connectivity index is 2.02. The van der Waals surface area contributed by atoms with Crippen LogP contribution in [0.3, 0.4) is 0 Å². The van der Waals surface area contributed by atoms with Gasteiger partial charge in [0, 0.05) is 4.90 Å². The Bertz CT molecular complexity index is 991. The van der Waals surface area contributed by atoms with Crippen molar-refractivity contribution >= 4 is 31.5 Å². The molecule has 0 unspecified atom stereocenters. The molecule has 0 saturated heterocycles. The lowest BCUT2D eigenvalue weighted by Gasteiger charge is -2.05. The number of nitrogens with zero attached hydrogens (tertiary/aromatic N) is 1. The van der Waals surface area contributed by atoms with Crippen molar-refractivity contribution in [1.82, 2.24) is 0 Å². The van der Waals surface area contributed by atoms with Crippen LogP contribution in [0.2, 0.25) is 0 Å². The van der Waals surface area contributed by atoms with Crippen LogP contribution in [-0.4, -0.2) is 14.7 Å². The largest absolute Gasteiger partial charge is 0.288 e. The highest BCUT2D eigenvalue weighted by Crippen LogP contribution is 2.22. The van der Waals surface area contributed by atoms with Crippen LogP contribution in [0.25, 0.3) is 10.8 Å². The van der Waals surface area contributed by atoms with Gasteiger partial charge in [-0.3, -0.25) is 0 Å². The van der Waals surface area contributed by atoms with Gasteiger partial charge in [-0.25, -0.2) is 0 Å². The van der Waals surface area contributed by atoms with E-state index in [1.54, 1.807) is 12.1 Å². The van der Waals surface area contributed by atoms with E-state index in [1.165, 1.54) is 0 Å². The summed E-state index contributed by atoms with van der Waals surface area (Å²) >= 11 is 0. The lowest BCUT2D eigenvalue weighted by atomic mass is 10.1. The number of hydrogen-bond donors (Lipinski definition) is 0. The lowest BCUT2D eigenvalue weighted by molar-refractivity contribution is 0.598. The summed E-state index contributed by atoms with van der Waals surface area (Å²) in [6.07, 6.45) is 1.82. The molecule has 0 aliphatic heterocycles. The number of fused-ring (bicyclic) bond motifs is 1. The van der Waals surface area contributed by atoms with E-state index in [2.05, 4.69) is 3.77 Å². The highest BCUT2D eigenvalue weighted by Gasteiger charge is 2.14. The predicted octanol–water partition coefficient (Wildman–Crippen LogP) is 4.33. The molecular weight excluding hydrogens is 326 g/mol. The van der Waals surface area contributed by atoms with Gasteiger partial charge in [0.1, 0.15) is 0 Å². The van der Waals surface area contributed by atoms with Crippen LogP contribution in [0.1, 0.15) is 5.56 Å². The minimum absolute atomic E-state index is 0.239. The SMILES string of the molecule is Cc1ccc([S@](C)=NS(=O)(=O)c2ccc3ccccc3c2)cc1. The third-order valence-corrected chi connectivity index (χ3v) is 7.07. The fourth-order valence-electron chi connectivity index (χ4n) is 2.30. The molecule has 0 spiro atoms. The predicted molar refractivity (Wildman–Crippen MR) is 96.3 cm³/mol. The van der Waals surface area contributed by atoms with Gasteiger partial charge >= 0.3 is 0 Å². The van der Waals surface area contributed by atoms with Gasteiger partial charge in [-0.15, -0.1) is 3.77 Å². The van der Waals surface area contributed by atoms with Crippen LogP contribution in [0.4, 0.5) is 0 Å². The van der Waals surface area contributed by atoms with Crippen LogP contribution >= 0.6 is 0 Å². The van der Waals surface area contributed by atoms with Gasteiger partial charge in [-0.1, -0.05) is 58.7 Å². The Morgan fingerprint density at radius 3 is 2.22 bits per heavy atom. The average Bonchev–Trinajstić information content (AvgIpc) is 2.54. The summed E-state index contributed by atoms with van der Waals surface area (Å²) in [7, 11) is -4.38. The van der Waals surface area contributed by atoms with Gasteiger partial charge in [0.25, 0.3) is 10.0 Å². The summed E-state index contributed by atoms with van der Waals surface area (Å²) in [6.45, 7) is 2.00. The van der Waals surface area contributed by atoms with Gasteiger partial charge in [0.05, 0.1) is 4.90 Å². The fraction of sp³-hybridized carbons (Fsp3) is 0.111. The molecule has 0 aromatic heterocycles. The second-order valence-corrected chi connectivity index (χ2v) is 8.79. The molecule has 0 amide bonds. The zero-order valence-electron chi connectivity index (χ0n) is 12.9.